The van der Waals surface area contributed by atoms with Crippen molar-refractivity contribution in [3.8, 4) is 0 Å². The molecule has 2 atom stereocenters. The van der Waals surface area contributed by atoms with Crippen LogP contribution in [-0.2, 0) is 14.3 Å². The first kappa shape index (κ1) is 15.5. The molecule has 19 heavy (non-hydrogen) atoms. The molecule has 2 unspecified atom stereocenters. The van der Waals surface area contributed by atoms with E-state index >= 15 is 0 Å². The minimum absolute atomic E-state index is 0. The Kier molecular flexibility index (Phi) is 4.54. The molecule has 0 bridgehead atoms. The number of carboxylic acids is 1. The van der Waals surface area contributed by atoms with Gasteiger partial charge in [0.15, 0.2) is 12.3 Å². The van der Waals surface area contributed by atoms with Gasteiger partial charge in [0.1, 0.15) is 5.76 Å². The van der Waals surface area contributed by atoms with Crippen molar-refractivity contribution in [1.82, 2.24) is 4.90 Å². The fraction of sp³-hybridized carbons (Fsp3) is 0.667. The SMILES string of the molecule is CC(C)(C)N.O=C(O)C1C(=CCO)OC2CC(=O)N21. The highest BCUT2D eigenvalue weighted by atomic mass is 16.5. The van der Waals surface area contributed by atoms with Gasteiger partial charge in [-0.1, -0.05) is 0 Å². The van der Waals surface area contributed by atoms with Crippen molar-refractivity contribution in [1.29, 1.82) is 0 Å². The van der Waals surface area contributed by atoms with E-state index in [1.165, 1.54) is 11.0 Å². The van der Waals surface area contributed by atoms with Crippen LogP contribution in [0.2, 0.25) is 0 Å². The summed E-state index contributed by atoms with van der Waals surface area (Å²) in [6, 6.07) is -1.06. The van der Waals surface area contributed by atoms with Crippen LogP contribution in [0.3, 0.4) is 0 Å². The van der Waals surface area contributed by atoms with Gasteiger partial charge in [0.25, 0.3) is 0 Å². The highest BCUT2D eigenvalue weighted by Gasteiger charge is 2.53. The fourth-order valence-corrected chi connectivity index (χ4v) is 1.66. The molecule has 7 heteroatoms. The third kappa shape index (κ3) is 3.93. The van der Waals surface area contributed by atoms with E-state index in [-0.39, 0.29) is 30.2 Å². The molecule has 0 saturated carbocycles. The van der Waals surface area contributed by atoms with Gasteiger partial charge in [-0.05, 0) is 26.8 Å². The van der Waals surface area contributed by atoms with E-state index in [0.29, 0.717) is 0 Å². The summed E-state index contributed by atoms with van der Waals surface area (Å²) in [6.07, 6.45) is 1.03. The Morgan fingerprint density at radius 2 is 2.11 bits per heavy atom. The number of nitrogens with zero attached hydrogens (tertiary/aromatic N) is 1. The average Bonchev–Trinajstić information content (AvgIpc) is 2.49. The second-order valence-corrected chi connectivity index (χ2v) is 5.47. The van der Waals surface area contributed by atoms with Crippen LogP contribution in [0.5, 0.6) is 0 Å². The minimum atomic E-state index is -1.14. The third-order valence-electron chi connectivity index (χ3n) is 2.29. The highest BCUT2D eigenvalue weighted by Crippen LogP contribution is 2.36. The number of hydrogen-bond acceptors (Lipinski definition) is 5. The summed E-state index contributed by atoms with van der Waals surface area (Å²) in [6.45, 7) is 5.60. The van der Waals surface area contributed by atoms with Gasteiger partial charge < -0.3 is 20.7 Å². The monoisotopic (exact) mass is 272 g/mol. The van der Waals surface area contributed by atoms with Crippen LogP contribution in [0.1, 0.15) is 27.2 Å². The number of aliphatic carboxylic acids is 1. The maximum absolute atomic E-state index is 11.1. The first-order chi connectivity index (χ1) is 8.65. The molecule has 108 valence electrons. The highest BCUT2D eigenvalue weighted by molar-refractivity contribution is 5.91. The molecule has 0 aliphatic carbocycles. The Morgan fingerprint density at radius 3 is 2.47 bits per heavy atom. The summed E-state index contributed by atoms with van der Waals surface area (Å²) in [7, 11) is 0. The second-order valence-electron chi connectivity index (χ2n) is 5.47. The molecule has 2 heterocycles. The lowest BCUT2D eigenvalue weighted by molar-refractivity contribution is -0.163. The van der Waals surface area contributed by atoms with E-state index in [0.717, 1.165) is 0 Å². The number of carbonyl (C=O) groups excluding carboxylic acids is 1. The van der Waals surface area contributed by atoms with Gasteiger partial charge >= 0.3 is 5.97 Å². The lowest BCUT2D eigenvalue weighted by Crippen LogP contribution is -2.54. The summed E-state index contributed by atoms with van der Waals surface area (Å²) >= 11 is 0. The molecule has 0 spiro atoms. The number of aliphatic hydroxyl groups is 1. The molecule has 2 fully saturated rings. The molecule has 2 saturated heterocycles. The molecular formula is C12H20N2O5. The van der Waals surface area contributed by atoms with Crippen molar-refractivity contribution in [2.45, 2.75) is 45.0 Å². The molecule has 2 rings (SSSR count). The van der Waals surface area contributed by atoms with E-state index in [4.69, 9.17) is 20.7 Å². The summed E-state index contributed by atoms with van der Waals surface area (Å²) in [4.78, 5) is 23.1. The summed E-state index contributed by atoms with van der Waals surface area (Å²) < 4.78 is 5.17. The molecule has 1 amide bonds. The van der Waals surface area contributed by atoms with Crippen molar-refractivity contribution < 1.29 is 24.5 Å². The normalized spacial score (nSPS) is 27.1. The van der Waals surface area contributed by atoms with E-state index in [2.05, 4.69) is 0 Å². The topological polar surface area (TPSA) is 113 Å². The Morgan fingerprint density at radius 1 is 1.58 bits per heavy atom. The number of carbonyl (C=O) groups is 2. The van der Waals surface area contributed by atoms with Crippen molar-refractivity contribution in [2.24, 2.45) is 5.73 Å². The van der Waals surface area contributed by atoms with Gasteiger partial charge in [-0.15, -0.1) is 0 Å². The predicted molar refractivity (Wildman–Crippen MR) is 66.9 cm³/mol. The second kappa shape index (κ2) is 5.58. The number of rotatable bonds is 2. The predicted octanol–water partition coefficient (Wildman–Crippen LogP) is -0.352. The van der Waals surface area contributed by atoms with E-state index < -0.39 is 18.2 Å². The third-order valence-corrected chi connectivity index (χ3v) is 2.29. The molecule has 0 aromatic rings. The quantitative estimate of drug-likeness (QED) is 0.592. The maximum Gasteiger partial charge on any atom is 0.334 e. The Hall–Kier alpha value is -1.60. The van der Waals surface area contributed by atoms with E-state index in [1.807, 2.05) is 20.8 Å². The lowest BCUT2D eigenvalue weighted by atomic mass is 10.1. The first-order valence-corrected chi connectivity index (χ1v) is 5.95. The Balaban J connectivity index is 0.000000312. The smallest absolute Gasteiger partial charge is 0.334 e. The van der Waals surface area contributed by atoms with Crippen LogP contribution in [0.25, 0.3) is 0 Å². The lowest BCUT2D eigenvalue weighted by Gasteiger charge is -2.33. The largest absolute Gasteiger partial charge is 0.479 e. The van der Waals surface area contributed by atoms with Crippen LogP contribution in [0, 0.1) is 0 Å². The molecule has 0 aromatic carbocycles. The van der Waals surface area contributed by atoms with Gasteiger partial charge in [-0.3, -0.25) is 9.69 Å². The van der Waals surface area contributed by atoms with Crippen LogP contribution in [0.4, 0.5) is 0 Å². The van der Waals surface area contributed by atoms with Gasteiger partial charge in [-0.2, -0.15) is 0 Å². The van der Waals surface area contributed by atoms with Gasteiger partial charge in [0.2, 0.25) is 5.91 Å². The van der Waals surface area contributed by atoms with Crippen molar-refractivity contribution in [3.05, 3.63) is 11.8 Å². The molecule has 2 aliphatic rings. The molecule has 2 aliphatic heterocycles. The molecular weight excluding hydrogens is 252 g/mol. The molecule has 7 nitrogen and oxygen atoms in total. The van der Waals surface area contributed by atoms with Crippen LogP contribution in [0.15, 0.2) is 11.8 Å². The van der Waals surface area contributed by atoms with E-state index in [9.17, 15) is 9.59 Å². The van der Waals surface area contributed by atoms with Crippen molar-refractivity contribution >= 4 is 11.9 Å². The van der Waals surface area contributed by atoms with Crippen LogP contribution in [-0.4, -0.2) is 51.4 Å². The summed E-state index contributed by atoms with van der Waals surface area (Å²) in [5.74, 6) is -1.22. The first-order valence-electron chi connectivity index (χ1n) is 5.95. The maximum atomic E-state index is 11.1. The number of nitrogens with two attached hydrogens (primary N) is 1. The minimum Gasteiger partial charge on any atom is -0.479 e. The molecule has 0 radical (unpaired) electrons. The van der Waals surface area contributed by atoms with Gasteiger partial charge in [-0.25, -0.2) is 4.79 Å². The number of β-lactam (4-membered cyclic amide) rings is 1. The number of hydrogen-bond donors (Lipinski definition) is 3. The van der Waals surface area contributed by atoms with Crippen molar-refractivity contribution in [3.63, 3.8) is 0 Å². The molecule has 0 aromatic heterocycles. The average molecular weight is 272 g/mol. The zero-order valence-corrected chi connectivity index (χ0v) is 11.3. The summed E-state index contributed by atoms with van der Waals surface area (Å²) in [5, 5.41) is 17.5. The Bertz CT molecular complexity index is 393. The number of aliphatic hydroxyl groups excluding tert-OH is 1. The number of fused-ring (bicyclic) bond motifs is 1. The van der Waals surface area contributed by atoms with Gasteiger partial charge in [0.05, 0.1) is 13.0 Å². The Labute approximate surface area is 111 Å². The number of amides is 1. The molecule has 4 N–H and O–H groups in total. The zero-order chi connectivity index (χ0) is 14.8. The van der Waals surface area contributed by atoms with Crippen molar-refractivity contribution in [2.75, 3.05) is 6.61 Å². The van der Waals surface area contributed by atoms with Crippen LogP contribution < -0.4 is 5.73 Å². The fourth-order valence-electron chi connectivity index (χ4n) is 1.66. The van der Waals surface area contributed by atoms with Crippen LogP contribution >= 0.6 is 0 Å². The standard InChI is InChI=1S/C8H9NO5.C4H11N/c10-2-1-4-7(8(12)13)9-5(11)3-6(9)14-4;1-4(2,3)5/h1,6-7,10H,2-3H2,(H,12,13);5H2,1-3H3. The number of carboxylic acid groups (broad SMARTS) is 1. The number of ether oxygens (including phenoxy) is 1. The zero-order valence-electron chi connectivity index (χ0n) is 11.3. The summed E-state index contributed by atoms with van der Waals surface area (Å²) in [5.41, 5.74) is 5.35. The van der Waals surface area contributed by atoms with E-state index in [1.54, 1.807) is 0 Å². The van der Waals surface area contributed by atoms with Gasteiger partial charge in [0, 0.05) is 5.54 Å².